The highest BCUT2D eigenvalue weighted by Gasteiger charge is 2.32. The summed E-state index contributed by atoms with van der Waals surface area (Å²) in [5.74, 6) is 0.124. The zero-order valence-electron chi connectivity index (χ0n) is 23.3. The second-order valence-corrected chi connectivity index (χ2v) is 10.7. The molecule has 0 aliphatic carbocycles. The molecule has 0 aromatic heterocycles. The van der Waals surface area contributed by atoms with Crippen molar-refractivity contribution in [2.45, 2.75) is 26.5 Å². The van der Waals surface area contributed by atoms with Gasteiger partial charge in [0.2, 0.25) is 0 Å². The summed E-state index contributed by atoms with van der Waals surface area (Å²) in [7, 11) is 0. The van der Waals surface area contributed by atoms with Gasteiger partial charge in [-0.3, -0.25) is 4.79 Å². The Morgan fingerprint density at radius 3 is 2.65 bits per heavy atom. The van der Waals surface area contributed by atoms with E-state index in [-0.39, 0.29) is 19.8 Å². The number of nitrogens with one attached hydrogen (secondary N) is 3. The van der Waals surface area contributed by atoms with Crippen LogP contribution in [0.1, 0.15) is 42.1 Å². The van der Waals surface area contributed by atoms with Crippen LogP contribution in [0.25, 0.3) is 0 Å². The molecule has 1 amide bonds. The number of thiocarbonyl (C=S) groups is 1. The molecule has 0 unspecified atom stereocenters. The highest BCUT2D eigenvalue weighted by Crippen LogP contribution is 2.33. The number of esters is 1. The summed E-state index contributed by atoms with van der Waals surface area (Å²) in [4.78, 5) is 25.2. The molecule has 0 saturated carbocycles. The maximum Gasteiger partial charge on any atom is 0.338 e. The van der Waals surface area contributed by atoms with Crippen LogP contribution in [-0.2, 0) is 20.9 Å². The summed E-state index contributed by atoms with van der Waals surface area (Å²) in [5.41, 5.74) is 6.17. The standard InChI is InChI=1S/C31H28IN5O5S/c1-3-40-30(39)28-19(2)35-31(43)36-29(28)23-10-6-7-11-25(23)42-18-27(38)37-34-16-20-12-13-26(24(32)14-20)41-17-22-9-5-4-8-21(22)15-33/h4-14,16,29H,3,17-18H2,1-2H3,(H,37,38)(H2,35,36,43)/t29-/m0/s1. The number of hydrogen-bond donors (Lipinski definition) is 3. The van der Waals surface area contributed by atoms with Crippen LogP contribution in [0.5, 0.6) is 11.5 Å². The molecule has 0 spiro atoms. The van der Waals surface area contributed by atoms with Gasteiger partial charge in [0.1, 0.15) is 18.1 Å². The first kappa shape index (κ1) is 31.5. The number of rotatable bonds is 11. The van der Waals surface area contributed by atoms with Crippen LogP contribution in [0, 0.1) is 14.9 Å². The van der Waals surface area contributed by atoms with Crippen LogP contribution in [0.3, 0.4) is 0 Å². The molecule has 0 fully saturated rings. The lowest BCUT2D eigenvalue weighted by molar-refractivity contribution is -0.139. The van der Waals surface area contributed by atoms with Gasteiger partial charge in [-0.2, -0.15) is 10.4 Å². The van der Waals surface area contributed by atoms with E-state index in [1.165, 1.54) is 6.21 Å². The molecule has 4 rings (SSSR count). The fraction of sp³-hybridized carbons (Fsp3) is 0.194. The third kappa shape index (κ3) is 8.30. The first-order valence-electron chi connectivity index (χ1n) is 13.2. The van der Waals surface area contributed by atoms with Gasteiger partial charge >= 0.3 is 5.97 Å². The van der Waals surface area contributed by atoms with Crippen molar-refractivity contribution in [3.8, 4) is 17.6 Å². The Kier molecular flexibility index (Phi) is 11.1. The maximum atomic E-state index is 12.7. The van der Waals surface area contributed by atoms with E-state index in [0.29, 0.717) is 39.0 Å². The van der Waals surface area contributed by atoms with Gasteiger partial charge in [0.25, 0.3) is 5.91 Å². The lowest BCUT2D eigenvalue weighted by Gasteiger charge is -2.30. The summed E-state index contributed by atoms with van der Waals surface area (Å²) in [6.45, 7) is 3.67. The van der Waals surface area contributed by atoms with Gasteiger partial charge in [0.05, 0.1) is 39.6 Å². The zero-order valence-corrected chi connectivity index (χ0v) is 26.3. The topological polar surface area (TPSA) is 134 Å². The molecule has 1 aliphatic heterocycles. The molecule has 10 nitrogen and oxygen atoms in total. The number of allylic oxidation sites excluding steroid dienone is 1. The number of hydrogen-bond acceptors (Lipinski definition) is 8. The fourth-order valence-electron chi connectivity index (χ4n) is 4.24. The maximum absolute atomic E-state index is 12.7. The lowest BCUT2D eigenvalue weighted by Crippen LogP contribution is -2.45. The number of hydrazone groups is 1. The molecular formula is C31H28IN5O5S. The largest absolute Gasteiger partial charge is 0.488 e. The van der Waals surface area contributed by atoms with E-state index in [1.54, 1.807) is 50.2 Å². The lowest BCUT2D eigenvalue weighted by atomic mass is 9.95. The predicted molar refractivity (Wildman–Crippen MR) is 173 cm³/mol. The molecule has 0 saturated heterocycles. The van der Waals surface area contributed by atoms with Crippen LogP contribution in [0.2, 0.25) is 0 Å². The van der Waals surface area contributed by atoms with Crippen LogP contribution in [-0.4, -0.2) is 36.4 Å². The number of amides is 1. The molecular weight excluding hydrogens is 681 g/mol. The van der Waals surface area contributed by atoms with E-state index >= 15 is 0 Å². The van der Waals surface area contributed by atoms with E-state index < -0.39 is 17.9 Å². The predicted octanol–water partition coefficient (Wildman–Crippen LogP) is 4.63. The van der Waals surface area contributed by atoms with Crippen molar-refractivity contribution in [3.63, 3.8) is 0 Å². The van der Waals surface area contributed by atoms with Crippen LogP contribution in [0.15, 0.2) is 83.1 Å². The summed E-state index contributed by atoms with van der Waals surface area (Å²) in [6, 6.07) is 21.4. The summed E-state index contributed by atoms with van der Waals surface area (Å²) < 4.78 is 17.8. The van der Waals surface area contributed by atoms with Crippen molar-refractivity contribution >= 4 is 58.0 Å². The zero-order chi connectivity index (χ0) is 30.8. The molecule has 12 heteroatoms. The van der Waals surface area contributed by atoms with Crippen molar-refractivity contribution in [1.29, 1.82) is 5.26 Å². The van der Waals surface area contributed by atoms with Crippen LogP contribution >= 0.6 is 34.8 Å². The minimum absolute atomic E-state index is 0.223. The van der Waals surface area contributed by atoms with E-state index in [9.17, 15) is 14.9 Å². The smallest absolute Gasteiger partial charge is 0.338 e. The second-order valence-electron chi connectivity index (χ2n) is 9.16. The number of para-hydroxylation sites is 1. The first-order valence-corrected chi connectivity index (χ1v) is 14.7. The van der Waals surface area contributed by atoms with Gasteiger partial charge in [-0.25, -0.2) is 10.2 Å². The summed E-state index contributed by atoms with van der Waals surface area (Å²) >= 11 is 7.47. The minimum Gasteiger partial charge on any atom is -0.488 e. The molecule has 3 N–H and O–H groups in total. The molecule has 220 valence electrons. The Bertz CT molecular complexity index is 1630. The number of nitriles is 1. The van der Waals surface area contributed by atoms with Crippen LogP contribution in [0.4, 0.5) is 0 Å². The quantitative estimate of drug-likeness (QED) is 0.0858. The van der Waals surface area contributed by atoms with Crippen molar-refractivity contribution in [3.05, 3.63) is 104 Å². The number of benzene rings is 3. The molecule has 0 bridgehead atoms. The van der Waals surface area contributed by atoms with Crippen molar-refractivity contribution < 1.29 is 23.8 Å². The average molecular weight is 710 g/mol. The minimum atomic E-state index is -0.624. The first-order chi connectivity index (χ1) is 20.8. The van der Waals surface area contributed by atoms with Crippen LogP contribution < -0.4 is 25.5 Å². The number of nitrogens with zero attached hydrogens (tertiary/aromatic N) is 2. The Morgan fingerprint density at radius 1 is 1.12 bits per heavy atom. The molecule has 1 heterocycles. The van der Waals surface area contributed by atoms with Crippen molar-refractivity contribution in [2.75, 3.05) is 13.2 Å². The highest BCUT2D eigenvalue weighted by atomic mass is 127. The SMILES string of the molecule is CCOC(=O)C1=C(C)NC(=S)N[C@H]1c1ccccc1OCC(=O)NN=Cc1ccc(OCc2ccccc2C#N)c(I)c1. The van der Waals surface area contributed by atoms with Gasteiger partial charge in [0.15, 0.2) is 11.7 Å². The number of carbonyl (C=O) groups excluding carboxylic acids is 2. The summed E-state index contributed by atoms with van der Waals surface area (Å²) in [6.07, 6.45) is 1.52. The normalized spacial score (nSPS) is 14.4. The van der Waals surface area contributed by atoms with Gasteiger partial charge in [-0.05, 0) is 84.6 Å². The van der Waals surface area contributed by atoms with E-state index in [4.69, 9.17) is 26.4 Å². The number of carbonyl (C=O) groups is 2. The number of halogens is 1. The third-order valence-electron chi connectivity index (χ3n) is 6.23. The van der Waals surface area contributed by atoms with Crippen molar-refractivity contribution in [2.24, 2.45) is 5.10 Å². The molecule has 3 aromatic carbocycles. The average Bonchev–Trinajstić information content (AvgIpc) is 2.99. The fourth-order valence-corrected chi connectivity index (χ4v) is 5.20. The van der Waals surface area contributed by atoms with E-state index in [0.717, 1.165) is 14.7 Å². The molecule has 0 radical (unpaired) electrons. The number of ether oxygens (including phenoxy) is 3. The molecule has 1 aliphatic rings. The Balaban J connectivity index is 1.35. The van der Waals surface area contributed by atoms with Gasteiger partial charge in [-0.15, -0.1) is 0 Å². The van der Waals surface area contributed by atoms with Gasteiger partial charge in [0, 0.05) is 16.8 Å². The third-order valence-corrected chi connectivity index (χ3v) is 7.30. The van der Waals surface area contributed by atoms with E-state index in [2.05, 4.69) is 49.8 Å². The highest BCUT2D eigenvalue weighted by molar-refractivity contribution is 14.1. The Labute approximate surface area is 268 Å². The molecule has 1 atom stereocenters. The molecule has 43 heavy (non-hydrogen) atoms. The van der Waals surface area contributed by atoms with Crippen molar-refractivity contribution in [1.82, 2.24) is 16.1 Å². The summed E-state index contributed by atoms with van der Waals surface area (Å²) in [5, 5.41) is 19.7. The Morgan fingerprint density at radius 2 is 1.88 bits per heavy atom. The second kappa shape index (κ2) is 15.1. The molecule has 3 aromatic rings. The Hall–Kier alpha value is -4.48. The van der Waals surface area contributed by atoms with E-state index in [1.807, 2.05) is 30.3 Å². The monoisotopic (exact) mass is 709 g/mol. The van der Waals surface area contributed by atoms with Gasteiger partial charge in [-0.1, -0.05) is 36.4 Å². The van der Waals surface area contributed by atoms with Gasteiger partial charge < -0.3 is 24.8 Å².